The molecule has 2 aromatic rings. The number of nitrogens with two attached hydrogens (primary N) is 1. The van der Waals surface area contributed by atoms with Crippen LogP contribution in [0.4, 0.5) is 0 Å². The molecule has 0 saturated carbocycles. The van der Waals surface area contributed by atoms with E-state index >= 15 is 0 Å². The Kier molecular flexibility index (Phi) is 3.11. The maximum Gasteiger partial charge on any atom is 0.189 e. The van der Waals surface area contributed by atoms with Gasteiger partial charge in [-0.25, -0.2) is 4.98 Å². The number of benzene rings is 1. The number of nitrogens with one attached hydrogen (secondary N) is 2. The summed E-state index contributed by atoms with van der Waals surface area (Å²) in [5.41, 5.74) is 8.59. The second kappa shape index (κ2) is 5.14. The average molecular weight is 297 g/mol. The van der Waals surface area contributed by atoms with Crippen molar-refractivity contribution in [2.75, 3.05) is 19.6 Å². The molecule has 3 heterocycles. The van der Waals surface area contributed by atoms with Gasteiger partial charge in [0.25, 0.3) is 0 Å². The third-order valence-electron chi connectivity index (χ3n) is 4.50. The van der Waals surface area contributed by atoms with Crippen LogP contribution in [0.1, 0.15) is 18.7 Å². The Morgan fingerprint density at radius 1 is 1.32 bits per heavy atom. The van der Waals surface area contributed by atoms with Crippen LogP contribution in [-0.2, 0) is 4.79 Å². The highest BCUT2D eigenvalue weighted by Crippen LogP contribution is 2.28. The molecular formula is C16H19N5O. The minimum Gasteiger partial charge on any atom is -0.385 e. The van der Waals surface area contributed by atoms with Gasteiger partial charge in [-0.15, -0.1) is 0 Å². The largest absolute Gasteiger partial charge is 0.385 e. The first-order chi connectivity index (χ1) is 10.7. The molecule has 22 heavy (non-hydrogen) atoms. The minimum absolute atomic E-state index is 0.0436. The molecule has 1 saturated heterocycles. The molecule has 1 fully saturated rings. The van der Waals surface area contributed by atoms with Gasteiger partial charge in [0.05, 0.1) is 17.6 Å². The SMILES string of the molecule is NC1=C(c2nc3ccccc3[nH]2)C(=O)CN1C1CCCNC1. The molecule has 2 aliphatic heterocycles. The van der Waals surface area contributed by atoms with Crippen LogP contribution in [0, 0.1) is 0 Å². The van der Waals surface area contributed by atoms with E-state index in [-0.39, 0.29) is 5.78 Å². The summed E-state index contributed by atoms with van der Waals surface area (Å²) in [4.78, 5) is 22.2. The summed E-state index contributed by atoms with van der Waals surface area (Å²) in [5.74, 6) is 1.18. The molecule has 0 aliphatic carbocycles. The number of ketones is 1. The maximum absolute atomic E-state index is 12.5. The molecule has 6 heteroatoms. The summed E-state index contributed by atoms with van der Waals surface area (Å²) in [5, 5.41) is 3.37. The lowest BCUT2D eigenvalue weighted by molar-refractivity contribution is -0.113. The monoisotopic (exact) mass is 297 g/mol. The van der Waals surface area contributed by atoms with Crippen LogP contribution in [0.3, 0.4) is 0 Å². The van der Waals surface area contributed by atoms with E-state index in [4.69, 9.17) is 5.73 Å². The molecular weight excluding hydrogens is 278 g/mol. The van der Waals surface area contributed by atoms with E-state index in [1.54, 1.807) is 0 Å². The van der Waals surface area contributed by atoms with Crippen LogP contribution in [0.15, 0.2) is 30.1 Å². The van der Waals surface area contributed by atoms with Gasteiger partial charge in [-0.2, -0.15) is 0 Å². The number of carbonyl (C=O) groups is 1. The lowest BCUT2D eigenvalue weighted by atomic mass is 10.1. The first-order valence-corrected chi connectivity index (χ1v) is 7.69. The number of hydrogen-bond donors (Lipinski definition) is 3. The van der Waals surface area contributed by atoms with E-state index in [1.165, 1.54) is 0 Å². The Labute approximate surface area is 128 Å². The van der Waals surface area contributed by atoms with Crippen molar-refractivity contribution >= 4 is 22.4 Å². The summed E-state index contributed by atoms with van der Waals surface area (Å²) < 4.78 is 0. The number of rotatable bonds is 2. The van der Waals surface area contributed by atoms with Crippen molar-refractivity contribution in [1.29, 1.82) is 0 Å². The van der Waals surface area contributed by atoms with Crippen molar-refractivity contribution in [3.8, 4) is 0 Å². The normalized spacial score (nSPS) is 22.8. The van der Waals surface area contributed by atoms with E-state index in [2.05, 4.69) is 15.3 Å². The van der Waals surface area contributed by atoms with E-state index < -0.39 is 0 Å². The number of hydrogen-bond acceptors (Lipinski definition) is 5. The number of aromatic amines is 1. The minimum atomic E-state index is 0.0436. The number of para-hydroxylation sites is 2. The predicted molar refractivity (Wildman–Crippen MR) is 84.8 cm³/mol. The molecule has 0 amide bonds. The van der Waals surface area contributed by atoms with Gasteiger partial charge in [-0.3, -0.25) is 4.79 Å². The lowest BCUT2D eigenvalue weighted by Gasteiger charge is -2.33. The van der Waals surface area contributed by atoms with Gasteiger partial charge in [0.15, 0.2) is 5.78 Å². The van der Waals surface area contributed by atoms with Crippen molar-refractivity contribution < 1.29 is 4.79 Å². The molecule has 4 N–H and O–H groups in total. The van der Waals surface area contributed by atoms with Gasteiger partial charge in [0.2, 0.25) is 0 Å². The Morgan fingerprint density at radius 3 is 2.95 bits per heavy atom. The highest BCUT2D eigenvalue weighted by molar-refractivity contribution is 6.23. The number of piperidine rings is 1. The quantitative estimate of drug-likeness (QED) is 0.764. The van der Waals surface area contributed by atoms with Gasteiger partial charge >= 0.3 is 0 Å². The molecule has 2 aliphatic rings. The van der Waals surface area contributed by atoms with Gasteiger partial charge in [0.1, 0.15) is 17.2 Å². The summed E-state index contributed by atoms with van der Waals surface area (Å²) >= 11 is 0. The first kappa shape index (κ1) is 13.3. The maximum atomic E-state index is 12.5. The third kappa shape index (κ3) is 2.07. The first-order valence-electron chi connectivity index (χ1n) is 7.69. The molecule has 4 rings (SSSR count). The molecule has 1 aromatic heterocycles. The Bertz CT molecular complexity index is 724. The van der Waals surface area contributed by atoms with Crippen LogP contribution in [0.5, 0.6) is 0 Å². The van der Waals surface area contributed by atoms with Crippen molar-refractivity contribution in [1.82, 2.24) is 20.2 Å². The van der Waals surface area contributed by atoms with E-state index in [0.29, 0.717) is 29.8 Å². The topological polar surface area (TPSA) is 87.0 Å². The summed E-state index contributed by atoms with van der Waals surface area (Å²) in [6.45, 7) is 2.27. The van der Waals surface area contributed by atoms with Gasteiger partial charge < -0.3 is 20.9 Å². The zero-order valence-electron chi connectivity index (χ0n) is 12.3. The van der Waals surface area contributed by atoms with Crippen molar-refractivity contribution in [2.45, 2.75) is 18.9 Å². The lowest BCUT2D eigenvalue weighted by Crippen LogP contribution is -2.46. The summed E-state index contributed by atoms with van der Waals surface area (Å²) in [6, 6.07) is 8.04. The zero-order chi connectivity index (χ0) is 15.1. The molecule has 1 unspecified atom stereocenters. The second-order valence-corrected chi connectivity index (χ2v) is 5.91. The molecule has 0 bridgehead atoms. The molecule has 1 atom stereocenters. The Balaban J connectivity index is 1.72. The number of aromatic nitrogens is 2. The van der Waals surface area contributed by atoms with Crippen molar-refractivity contribution in [2.24, 2.45) is 5.73 Å². The number of fused-ring (bicyclic) bond motifs is 1. The van der Waals surface area contributed by atoms with Crippen LogP contribution in [0.2, 0.25) is 0 Å². The average Bonchev–Trinajstić information content (AvgIpc) is 3.08. The fourth-order valence-electron chi connectivity index (χ4n) is 3.36. The van der Waals surface area contributed by atoms with E-state index in [0.717, 1.165) is 37.0 Å². The molecule has 1 aromatic carbocycles. The van der Waals surface area contributed by atoms with E-state index in [9.17, 15) is 4.79 Å². The summed E-state index contributed by atoms with van der Waals surface area (Å²) in [7, 11) is 0. The highest BCUT2D eigenvalue weighted by atomic mass is 16.1. The smallest absolute Gasteiger partial charge is 0.189 e. The van der Waals surface area contributed by atoms with Crippen LogP contribution < -0.4 is 11.1 Å². The van der Waals surface area contributed by atoms with Gasteiger partial charge in [-0.1, -0.05) is 12.1 Å². The second-order valence-electron chi connectivity index (χ2n) is 5.91. The van der Waals surface area contributed by atoms with Crippen molar-refractivity contribution in [3.05, 3.63) is 35.9 Å². The number of H-pyrrole nitrogens is 1. The molecule has 0 spiro atoms. The Hall–Kier alpha value is -2.34. The fourth-order valence-corrected chi connectivity index (χ4v) is 3.36. The predicted octanol–water partition coefficient (Wildman–Crippen LogP) is 0.827. The van der Waals surface area contributed by atoms with Gasteiger partial charge in [-0.05, 0) is 31.5 Å². The molecule has 114 valence electrons. The molecule has 6 nitrogen and oxygen atoms in total. The fraction of sp³-hybridized carbons (Fsp3) is 0.375. The zero-order valence-corrected chi connectivity index (χ0v) is 12.3. The van der Waals surface area contributed by atoms with Gasteiger partial charge in [0, 0.05) is 12.6 Å². The standard InChI is InChI=1S/C16H19N5O/c17-15-14(16-19-11-5-1-2-6-12(11)20-16)13(22)9-21(15)10-4-3-7-18-8-10/h1-2,5-6,10,18H,3-4,7-9,17H2,(H,19,20). The Morgan fingerprint density at radius 2 is 2.18 bits per heavy atom. The molecule has 0 radical (unpaired) electrons. The van der Waals surface area contributed by atoms with Crippen LogP contribution >= 0.6 is 0 Å². The summed E-state index contributed by atoms with van der Waals surface area (Å²) in [6.07, 6.45) is 2.18. The van der Waals surface area contributed by atoms with Crippen molar-refractivity contribution in [3.63, 3.8) is 0 Å². The van der Waals surface area contributed by atoms with Crippen LogP contribution in [0.25, 0.3) is 16.6 Å². The third-order valence-corrected chi connectivity index (χ3v) is 4.50. The number of nitrogens with zero attached hydrogens (tertiary/aromatic N) is 2. The van der Waals surface area contributed by atoms with Crippen LogP contribution in [-0.4, -0.2) is 46.3 Å². The number of Topliss-reactive ketones (excluding diaryl/α,β-unsaturated/α-hetero) is 1. The highest BCUT2D eigenvalue weighted by Gasteiger charge is 2.35. The number of carbonyl (C=O) groups excluding carboxylic acids is 1. The van der Waals surface area contributed by atoms with E-state index in [1.807, 2.05) is 29.2 Å². The number of imidazole rings is 1.